The molecule has 25 heavy (non-hydrogen) atoms. The van der Waals surface area contributed by atoms with Crippen LogP contribution in [0.15, 0.2) is 12.5 Å². The molecule has 9 nitrogen and oxygen atoms in total. The Labute approximate surface area is 145 Å². The zero-order valence-electron chi connectivity index (χ0n) is 13.9. The Morgan fingerprint density at radius 2 is 2.08 bits per heavy atom. The van der Waals surface area contributed by atoms with Crippen molar-refractivity contribution in [2.24, 2.45) is 0 Å². The number of ether oxygens (including phenoxy) is 2. The number of morpholine rings is 1. The Kier molecular flexibility index (Phi) is 4.57. The average molecular weight is 349 g/mol. The molecule has 9 heteroatoms. The minimum Gasteiger partial charge on any atom is -0.394 e. The van der Waals surface area contributed by atoms with E-state index in [1.54, 1.807) is 0 Å². The van der Waals surface area contributed by atoms with Gasteiger partial charge >= 0.3 is 0 Å². The second kappa shape index (κ2) is 6.85. The van der Waals surface area contributed by atoms with Crippen molar-refractivity contribution in [2.75, 3.05) is 38.6 Å². The summed E-state index contributed by atoms with van der Waals surface area (Å²) in [5.74, 6) is 0.435. The molecule has 0 aromatic carbocycles. The van der Waals surface area contributed by atoms with Gasteiger partial charge in [-0.15, -0.1) is 0 Å². The number of rotatable bonds is 4. The predicted octanol–water partition coefficient (Wildman–Crippen LogP) is -0.514. The number of anilines is 1. The molecule has 0 unspecified atom stereocenters. The number of nitrogen functional groups attached to an aromatic ring is 1. The SMILES string of the molecule is Nc1ncnc2c1c(CN1CCOCC1)cn2[C@@H]1C[C@H](O)[C@@H](CO)O1. The molecule has 0 radical (unpaired) electrons. The van der Waals surface area contributed by atoms with Gasteiger partial charge in [-0.25, -0.2) is 9.97 Å². The summed E-state index contributed by atoms with van der Waals surface area (Å²) < 4.78 is 13.1. The van der Waals surface area contributed by atoms with Crippen LogP contribution in [-0.4, -0.2) is 74.8 Å². The van der Waals surface area contributed by atoms with E-state index in [1.807, 2.05) is 10.8 Å². The Hall–Kier alpha value is -1.78. The number of aliphatic hydroxyl groups excluding tert-OH is 2. The van der Waals surface area contributed by atoms with E-state index in [0.29, 0.717) is 17.9 Å². The molecule has 2 aromatic heterocycles. The van der Waals surface area contributed by atoms with Crippen LogP contribution in [0.5, 0.6) is 0 Å². The smallest absolute Gasteiger partial charge is 0.147 e. The summed E-state index contributed by atoms with van der Waals surface area (Å²) in [4.78, 5) is 10.8. The minimum absolute atomic E-state index is 0.214. The van der Waals surface area contributed by atoms with Crippen LogP contribution in [-0.2, 0) is 16.0 Å². The Balaban J connectivity index is 1.69. The van der Waals surface area contributed by atoms with Crippen molar-refractivity contribution in [1.82, 2.24) is 19.4 Å². The second-order valence-electron chi connectivity index (χ2n) is 6.52. The average Bonchev–Trinajstić information content (AvgIpc) is 3.17. The number of aliphatic hydroxyl groups is 2. The van der Waals surface area contributed by atoms with E-state index >= 15 is 0 Å². The van der Waals surface area contributed by atoms with Crippen LogP contribution < -0.4 is 5.73 Å². The highest BCUT2D eigenvalue weighted by Gasteiger charge is 2.35. The van der Waals surface area contributed by atoms with Crippen LogP contribution in [0.3, 0.4) is 0 Å². The van der Waals surface area contributed by atoms with Gasteiger partial charge in [0.2, 0.25) is 0 Å². The van der Waals surface area contributed by atoms with E-state index in [1.165, 1.54) is 6.33 Å². The minimum atomic E-state index is -0.700. The normalized spacial score (nSPS) is 28.0. The molecule has 2 saturated heterocycles. The van der Waals surface area contributed by atoms with Crippen LogP contribution >= 0.6 is 0 Å². The fourth-order valence-electron chi connectivity index (χ4n) is 3.58. The predicted molar refractivity (Wildman–Crippen MR) is 89.7 cm³/mol. The quantitative estimate of drug-likeness (QED) is 0.675. The zero-order valence-corrected chi connectivity index (χ0v) is 13.9. The van der Waals surface area contributed by atoms with E-state index in [0.717, 1.165) is 43.8 Å². The third-order valence-electron chi connectivity index (χ3n) is 4.91. The number of hydrogen-bond donors (Lipinski definition) is 3. The molecule has 0 amide bonds. The lowest BCUT2D eigenvalue weighted by Gasteiger charge is -2.26. The molecule has 0 aliphatic carbocycles. The van der Waals surface area contributed by atoms with Crippen molar-refractivity contribution in [3.8, 4) is 0 Å². The topological polar surface area (TPSA) is 119 Å². The summed E-state index contributed by atoms with van der Waals surface area (Å²) in [7, 11) is 0. The van der Waals surface area contributed by atoms with Crippen molar-refractivity contribution < 1.29 is 19.7 Å². The molecule has 4 heterocycles. The molecule has 0 bridgehead atoms. The lowest BCUT2D eigenvalue weighted by Crippen LogP contribution is -2.35. The highest BCUT2D eigenvalue weighted by molar-refractivity contribution is 5.89. The van der Waals surface area contributed by atoms with Gasteiger partial charge in [0, 0.05) is 32.3 Å². The zero-order chi connectivity index (χ0) is 17.4. The molecule has 3 atom stereocenters. The summed E-state index contributed by atoms with van der Waals surface area (Å²) in [6.45, 7) is 3.69. The molecule has 2 aliphatic rings. The van der Waals surface area contributed by atoms with E-state index in [9.17, 15) is 10.2 Å². The summed E-state index contributed by atoms with van der Waals surface area (Å²) in [5, 5.41) is 20.2. The summed E-state index contributed by atoms with van der Waals surface area (Å²) in [6.07, 6.45) is 2.14. The first-order valence-corrected chi connectivity index (χ1v) is 8.51. The molecule has 0 saturated carbocycles. The van der Waals surface area contributed by atoms with Gasteiger partial charge in [-0.1, -0.05) is 0 Å². The van der Waals surface area contributed by atoms with Gasteiger partial charge in [0.15, 0.2) is 0 Å². The fraction of sp³-hybridized carbons (Fsp3) is 0.625. The van der Waals surface area contributed by atoms with Gasteiger partial charge in [0.05, 0.1) is 31.3 Å². The molecule has 4 N–H and O–H groups in total. The Morgan fingerprint density at radius 1 is 1.28 bits per heavy atom. The number of aromatic nitrogens is 3. The standard InChI is InChI=1S/C16H23N5O4/c17-15-14-10(6-20-1-3-24-4-2-20)7-21(16(14)19-9-18-15)13-5-11(23)12(8-22)25-13/h7,9,11-13,22-23H,1-6,8H2,(H2,17,18,19)/t11-,12+,13-/m0/s1. The molecule has 136 valence electrons. The molecular formula is C16H23N5O4. The first kappa shape index (κ1) is 16.7. The maximum absolute atomic E-state index is 10.0. The number of fused-ring (bicyclic) bond motifs is 1. The fourth-order valence-corrected chi connectivity index (χ4v) is 3.58. The molecule has 2 fully saturated rings. The summed E-state index contributed by atoms with van der Waals surface area (Å²) in [5.41, 5.74) is 7.83. The van der Waals surface area contributed by atoms with Crippen LogP contribution in [0, 0.1) is 0 Å². The van der Waals surface area contributed by atoms with Crippen LogP contribution in [0.25, 0.3) is 11.0 Å². The van der Waals surface area contributed by atoms with Gasteiger partial charge in [-0.2, -0.15) is 0 Å². The first-order chi connectivity index (χ1) is 12.2. The second-order valence-corrected chi connectivity index (χ2v) is 6.52. The molecule has 2 aromatic rings. The lowest BCUT2D eigenvalue weighted by atomic mass is 10.2. The summed E-state index contributed by atoms with van der Waals surface area (Å²) in [6, 6.07) is 0. The van der Waals surface area contributed by atoms with E-state index in [-0.39, 0.29) is 12.8 Å². The molecule has 0 spiro atoms. The molecule has 2 aliphatic heterocycles. The van der Waals surface area contributed by atoms with Crippen molar-refractivity contribution in [1.29, 1.82) is 0 Å². The van der Waals surface area contributed by atoms with E-state index in [2.05, 4.69) is 14.9 Å². The van der Waals surface area contributed by atoms with Crippen molar-refractivity contribution >= 4 is 16.9 Å². The first-order valence-electron chi connectivity index (χ1n) is 8.51. The van der Waals surface area contributed by atoms with Gasteiger partial charge < -0.3 is 30.0 Å². The lowest BCUT2D eigenvalue weighted by molar-refractivity contribution is -0.0431. The number of nitrogens with zero attached hydrogens (tertiary/aromatic N) is 4. The van der Waals surface area contributed by atoms with Crippen molar-refractivity contribution in [3.63, 3.8) is 0 Å². The molecular weight excluding hydrogens is 326 g/mol. The third kappa shape index (κ3) is 3.09. The van der Waals surface area contributed by atoms with Crippen molar-refractivity contribution in [2.45, 2.75) is 31.4 Å². The Morgan fingerprint density at radius 3 is 2.80 bits per heavy atom. The van der Waals surface area contributed by atoms with Crippen LogP contribution in [0.4, 0.5) is 5.82 Å². The third-order valence-corrected chi connectivity index (χ3v) is 4.91. The highest BCUT2D eigenvalue weighted by Crippen LogP contribution is 2.34. The van der Waals surface area contributed by atoms with Crippen LogP contribution in [0.1, 0.15) is 18.2 Å². The number of hydrogen-bond acceptors (Lipinski definition) is 8. The number of nitrogens with two attached hydrogens (primary N) is 1. The largest absolute Gasteiger partial charge is 0.394 e. The van der Waals surface area contributed by atoms with Gasteiger partial charge in [-0.3, -0.25) is 4.90 Å². The highest BCUT2D eigenvalue weighted by atomic mass is 16.5. The van der Waals surface area contributed by atoms with Gasteiger partial charge in [-0.05, 0) is 5.56 Å². The maximum atomic E-state index is 10.0. The van der Waals surface area contributed by atoms with Crippen molar-refractivity contribution in [3.05, 3.63) is 18.1 Å². The maximum Gasteiger partial charge on any atom is 0.147 e. The Bertz CT molecular complexity index is 745. The van der Waals surface area contributed by atoms with Crippen LogP contribution in [0.2, 0.25) is 0 Å². The summed E-state index contributed by atoms with van der Waals surface area (Å²) >= 11 is 0. The van der Waals surface area contributed by atoms with Gasteiger partial charge in [0.1, 0.15) is 30.1 Å². The van der Waals surface area contributed by atoms with E-state index < -0.39 is 12.2 Å². The molecule has 4 rings (SSSR count). The van der Waals surface area contributed by atoms with Gasteiger partial charge in [0.25, 0.3) is 0 Å². The van der Waals surface area contributed by atoms with E-state index in [4.69, 9.17) is 15.2 Å². The monoisotopic (exact) mass is 349 g/mol.